The number of carbonyl (C=O) groups excluding carboxylic acids is 1. The van der Waals surface area contributed by atoms with Gasteiger partial charge in [0.05, 0.1) is 20.9 Å². The van der Waals surface area contributed by atoms with Crippen molar-refractivity contribution in [1.29, 1.82) is 0 Å². The third kappa shape index (κ3) is 3.28. The number of benzene rings is 1. The molecule has 0 unspecified atom stereocenters. The second-order valence-electron chi connectivity index (χ2n) is 4.78. The first-order valence-corrected chi connectivity index (χ1v) is 8.33. The smallest absolute Gasteiger partial charge is 0.226 e. The number of rotatable bonds is 4. The minimum Gasteiger partial charge on any atom is -0.302 e. The van der Waals surface area contributed by atoms with Crippen LogP contribution in [-0.2, 0) is 11.2 Å². The van der Waals surface area contributed by atoms with Gasteiger partial charge in [-0.1, -0.05) is 12.1 Å². The molecule has 0 radical (unpaired) electrons. The number of hydrogen-bond donors (Lipinski definition) is 1. The molecule has 6 heteroatoms. The summed E-state index contributed by atoms with van der Waals surface area (Å²) in [6.07, 6.45) is 1.09. The van der Waals surface area contributed by atoms with E-state index in [2.05, 4.69) is 21.4 Å². The Labute approximate surface area is 130 Å². The van der Waals surface area contributed by atoms with Crippen LogP contribution in [0.5, 0.6) is 0 Å². The lowest BCUT2D eigenvalue weighted by Crippen LogP contribution is -2.12. The summed E-state index contributed by atoms with van der Waals surface area (Å²) in [6, 6.07) is 8.03. The van der Waals surface area contributed by atoms with E-state index in [1.807, 2.05) is 32.0 Å². The van der Waals surface area contributed by atoms with Crippen molar-refractivity contribution in [3.63, 3.8) is 0 Å². The summed E-state index contributed by atoms with van der Waals surface area (Å²) in [5.41, 5.74) is 1.98. The maximum atomic E-state index is 12.0. The van der Waals surface area contributed by atoms with E-state index in [1.54, 1.807) is 11.3 Å². The van der Waals surface area contributed by atoms with Crippen molar-refractivity contribution < 1.29 is 4.79 Å². The first-order chi connectivity index (χ1) is 10.1. The number of hydrogen-bond acceptors (Lipinski definition) is 5. The van der Waals surface area contributed by atoms with Gasteiger partial charge < -0.3 is 5.32 Å². The number of carbonyl (C=O) groups is 1. The zero-order valence-electron chi connectivity index (χ0n) is 11.8. The highest BCUT2D eigenvalue weighted by molar-refractivity contribution is 7.18. The first-order valence-electron chi connectivity index (χ1n) is 6.70. The number of para-hydroxylation sites is 1. The number of amides is 1. The van der Waals surface area contributed by atoms with Crippen LogP contribution in [0.1, 0.15) is 22.0 Å². The molecule has 0 aliphatic rings. The Morgan fingerprint density at radius 3 is 2.71 bits per heavy atom. The molecule has 4 nitrogen and oxygen atoms in total. The number of nitrogens with one attached hydrogen (secondary N) is 1. The van der Waals surface area contributed by atoms with Crippen molar-refractivity contribution >= 4 is 43.9 Å². The second kappa shape index (κ2) is 5.91. The van der Waals surface area contributed by atoms with E-state index in [-0.39, 0.29) is 5.91 Å². The minimum absolute atomic E-state index is 0.0111. The molecular weight excluding hydrogens is 302 g/mol. The largest absolute Gasteiger partial charge is 0.302 e. The van der Waals surface area contributed by atoms with Crippen LogP contribution in [-0.4, -0.2) is 15.9 Å². The molecule has 1 N–H and O–H groups in total. The SMILES string of the molecule is Cc1nc(NC(=O)CCc2nc3ccccc3s2)sc1C. The predicted octanol–water partition coefficient (Wildman–Crippen LogP) is 3.94. The number of thiazole rings is 2. The molecule has 0 atom stereocenters. The Morgan fingerprint density at radius 2 is 2.00 bits per heavy atom. The molecule has 1 aromatic carbocycles. The van der Waals surface area contributed by atoms with Crippen molar-refractivity contribution in [2.45, 2.75) is 26.7 Å². The molecule has 0 saturated carbocycles. The Hall–Kier alpha value is -1.79. The molecule has 2 heterocycles. The van der Waals surface area contributed by atoms with E-state index in [9.17, 15) is 4.79 Å². The molecule has 0 bridgehead atoms. The summed E-state index contributed by atoms with van der Waals surface area (Å²) in [5, 5.41) is 4.53. The van der Waals surface area contributed by atoms with Gasteiger partial charge in [0.25, 0.3) is 0 Å². The van der Waals surface area contributed by atoms with Crippen LogP contribution in [0.4, 0.5) is 5.13 Å². The minimum atomic E-state index is -0.0111. The lowest BCUT2D eigenvalue weighted by molar-refractivity contribution is -0.116. The van der Waals surface area contributed by atoms with Crippen molar-refractivity contribution in [3.8, 4) is 0 Å². The van der Waals surface area contributed by atoms with Gasteiger partial charge in [0.2, 0.25) is 5.91 Å². The maximum absolute atomic E-state index is 12.0. The van der Waals surface area contributed by atoms with Gasteiger partial charge in [-0.3, -0.25) is 4.79 Å². The maximum Gasteiger partial charge on any atom is 0.226 e. The van der Waals surface area contributed by atoms with E-state index >= 15 is 0 Å². The molecule has 2 aromatic heterocycles. The number of fused-ring (bicyclic) bond motifs is 1. The molecular formula is C15H15N3OS2. The average molecular weight is 317 g/mol. The number of anilines is 1. The zero-order valence-corrected chi connectivity index (χ0v) is 13.5. The highest BCUT2D eigenvalue weighted by Crippen LogP contribution is 2.23. The van der Waals surface area contributed by atoms with Crippen LogP contribution in [0.3, 0.4) is 0 Å². The molecule has 3 rings (SSSR count). The molecule has 3 aromatic rings. The second-order valence-corrected chi connectivity index (χ2v) is 7.10. The first kappa shape index (κ1) is 14.2. The number of aryl methyl sites for hydroxylation is 3. The van der Waals surface area contributed by atoms with Gasteiger partial charge in [-0.05, 0) is 26.0 Å². The Morgan fingerprint density at radius 1 is 1.19 bits per heavy atom. The van der Waals surface area contributed by atoms with Crippen molar-refractivity contribution in [2.75, 3.05) is 5.32 Å². The third-order valence-electron chi connectivity index (χ3n) is 3.18. The van der Waals surface area contributed by atoms with Crippen molar-refractivity contribution in [3.05, 3.63) is 39.8 Å². The van der Waals surface area contributed by atoms with Crippen molar-refractivity contribution in [1.82, 2.24) is 9.97 Å². The molecule has 1 amide bonds. The molecule has 21 heavy (non-hydrogen) atoms. The van der Waals surface area contributed by atoms with Crippen LogP contribution in [0, 0.1) is 13.8 Å². The zero-order chi connectivity index (χ0) is 14.8. The summed E-state index contributed by atoms with van der Waals surface area (Å²) in [6.45, 7) is 3.95. The van der Waals surface area contributed by atoms with E-state index < -0.39 is 0 Å². The van der Waals surface area contributed by atoms with Gasteiger partial charge in [0.1, 0.15) is 0 Å². The van der Waals surface area contributed by atoms with Crippen molar-refractivity contribution in [2.24, 2.45) is 0 Å². The van der Waals surface area contributed by atoms with Gasteiger partial charge in [-0.2, -0.15) is 0 Å². The standard InChI is InChI=1S/C15H15N3OS2/c1-9-10(2)20-15(16-9)18-13(19)7-8-14-17-11-5-3-4-6-12(11)21-14/h3-6H,7-8H2,1-2H3,(H,16,18,19). The topological polar surface area (TPSA) is 54.9 Å². The van der Waals surface area contributed by atoms with E-state index in [1.165, 1.54) is 16.0 Å². The highest BCUT2D eigenvalue weighted by Gasteiger charge is 2.10. The predicted molar refractivity (Wildman–Crippen MR) is 88.2 cm³/mol. The summed E-state index contributed by atoms with van der Waals surface area (Å²) in [4.78, 5) is 21.9. The van der Waals surface area contributed by atoms with E-state index in [4.69, 9.17) is 0 Å². The van der Waals surface area contributed by atoms with Crippen LogP contribution < -0.4 is 5.32 Å². The van der Waals surface area contributed by atoms with Crippen LogP contribution in [0.15, 0.2) is 24.3 Å². The average Bonchev–Trinajstić information content (AvgIpc) is 3.00. The molecule has 0 aliphatic carbocycles. The summed E-state index contributed by atoms with van der Waals surface area (Å²) < 4.78 is 1.17. The Bertz CT molecular complexity index is 739. The lowest BCUT2D eigenvalue weighted by atomic mass is 10.3. The van der Waals surface area contributed by atoms with Gasteiger partial charge in [-0.15, -0.1) is 22.7 Å². The summed E-state index contributed by atoms with van der Waals surface area (Å²) >= 11 is 3.16. The van der Waals surface area contributed by atoms with Gasteiger partial charge in [0.15, 0.2) is 5.13 Å². The summed E-state index contributed by atoms with van der Waals surface area (Å²) in [5.74, 6) is -0.0111. The molecule has 0 fully saturated rings. The Kier molecular flexibility index (Phi) is 3.98. The third-order valence-corrected chi connectivity index (χ3v) is 5.26. The van der Waals surface area contributed by atoms with Gasteiger partial charge >= 0.3 is 0 Å². The highest BCUT2D eigenvalue weighted by atomic mass is 32.1. The van der Waals surface area contributed by atoms with Gasteiger partial charge in [0, 0.05) is 17.7 Å². The fourth-order valence-electron chi connectivity index (χ4n) is 1.96. The van der Waals surface area contributed by atoms with Gasteiger partial charge in [-0.25, -0.2) is 9.97 Å². The fraction of sp³-hybridized carbons (Fsp3) is 0.267. The molecule has 0 aliphatic heterocycles. The number of aromatic nitrogens is 2. The van der Waals surface area contributed by atoms with E-state index in [0.29, 0.717) is 18.0 Å². The lowest BCUT2D eigenvalue weighted by Gasteiger charge is -1.99. The van der Waals surface area contributed by atoms with Crippen LogP contribution in [0.2, 0.25) is 0 Å². The summed E-state index contributed by atoms with van der Waals surface area (Å²) in [7, 11) is 0. The molecule has 0 saturated heterocycles. The monoisotopic (exact) mass is 317 g/mol. The van der Waals surface area contributed by atoms with Crippen LogP contribution >= 0.6 is 22.7 Å². The van der Waals surface area contributed by atoms with E-state index in [0.717, 1.165) is 21.1 Å². The van der Waals surface area contributed by atoms with Crippen LogP contribution in [0.25, 0.3) is 10.2 Å². The fourth-order valence-corrected chi connectivity index (χ4v) is 3.75. The normalized spacial score (nSPS) is 11.0. The quantitative estimate of drug-likeness (QED) is 0.793. The Balaban J connectivity index is 1.60. The molecule has 0 spiro atoms. The molecule has 108 valence electrons. The number of nitrogens with zero attached hydrogens (tertiary/aromatic N) is 2.